The molecule has 1 aromatic carbocycles. The topological polar surface area (TPSA) is 113 Å². The average Bonchev–Trinajstić information content (AvgIpc) is 2.65. The number of halogens is 2. The first-order valence-corrected chi connectivity index (χ1v) is 9.67. The summed E-state index contributed by atoms with van der Waals surface area (Å²) >= 11 is 6.91. The Kier molecular flexibility index (Phi) is 6.66. The Balaban J connectivity index is 1.60. The Bertz CT molecular complexity index is 906. The van der Waals surface area contributed by atoms with Crippen LogP contribution in [0.1, 0.15) is 12.0 Å². The number of alkyl halides is 1. The molecule has 0 saturated carbocycles. The van der Waals surface area contributed by atoms with Crippen LogP contribution in [0.15, 0.2) is 62.7 Å². The number of hydrogen-bond acceptors (Lipinski definition) is 8. The normalized spacial score (nSPS) is 16.7. The summed E-state index contributed by atoms with van der Waals surface area (Å²) in [5.74, 6) is 0.495. The first-order chi connectivity index (χ1) is 13.1. The van der Waals surface area contributed by atoms with E-state index in [-0.39, 0.29) is 17.8 Å². The number of allylic oxidation sites excluding steroid dienone is 4. The molecule has 0 radical (unpaired) electrons. The van der Waals surface area contributed by atoms with E-state index in [1.54, 1.807) is 12.4 Å². The summed E-state index contributed by atoms with van der Waals surface area (Å²) in [4.78, 5) is 12.5. The second-order valence-electron chi connectivity index (χ2n) is 5.45. The van der Waals surface area contributed by atoms with Crippen molar-refractivity contribution in [2.75, 3.05) is 16.6 Å². The molecule has 0 fully saturated rings. The third-order valence-electron chi connectivity index (χ3n) is 3.36. The third kappa shape index (κ3) is 6.26. The Morgan fingerprint density at radius 2 is 1.70 bits per heavy atom. The molecule has 1 aliphatic carbocycles. The number of nitrogens with two attached hydrogens (primary N) is 1. The van der Waals surface area contributed by atoms with Crippen LogP contribution in [0, 0.1) is 0 Å². The summed E-state index contributed by atoms with van der Waals surface area (Å²) in [6.07, 6.45) is 10.4. The van der Waals surface area contributed by atoms with Crippen LogP contribution in [0.3, 0.4) is 0 Å². The molecular formula is C17H16Br2N8. The van der Waals surface area contributed by atoms with Crippen molar-refractivity contribution in [3.63, 3.8) is 0 Å². The number of anilines is 3. The average molecular weight is 492 g/mol. The minimum absolute atomic E-state index is 0.0583. The van der Waals surface area contributed by atoms with Gasteiger partial charge in [-0.3, -0.25) is 0 Å². The van der Waals surface area contributed by atoms with E-state index in [1.807, 2.05) is 30.3 Å². The highest BCUT2D eigenvalue weighted by molar-refractivity contribution is 9.10. The highest BCUT2D eigenvalue weighted by atomic mass is 79.9. The third-order valence-corrected chi connectivity index (χ3v) is 4.56. The lowest BCUT2D eigenvalue weighted by molar-refractivity contribution is 1.03. The highest BCUT2D eigenvalue weighted by Crippen LogP contribution is 2.15. The molecule has 1 atom stereocenters. The molecule has 4 N–H and O–H groups in total. The van der Waals surface area contributed by atoms with Crippen LogP contribution in [0.25, 0.3) is 0 Å². The molecule has 0 amide bonds. The van der Waals surface area contributed by atoms with Gasteiger partial charge in [-0.1, -0.05) is 62.2 Å². The summed E-state index contributed by atoms with van der Waals surface area (Å²) in [5, 5.41) is 8.22. The van der Waals surface area contributed by atoms with E-state index in [0.29, 0.717) is 4.83 Å². The number of benzene rings is 1. The van der Waals surface area contributed by atoms with Crippen LogP contribution in [0.2, 0.25) is 0 Å². The van der Waals surface area contributed by atoms with Crippen molar-refractivity contribution in [2.45, 2.75) is 11.2 Å². The van der Waals surface area contributed by atoms with Gasteiger partial charge in [0.05, 0.1) is 12.4 Å². The van der Waals surface area contributed by atoms with Crippen LogP contribution in [0.5, 0.6) is 0 Å². The first-order valence-electron chi connectivity index (χ1n) is 7.96. The zero-order chi connectivity index (χ0) is 19.1. The molecule has 2 aromatic rings. The molecule has 0 aliphatic heterocycles. The molecule has 1 aromatic heterocycles. The number of hydrogen-bond donors (Lipinski definition) is 3. The van der Waals surface area contributed by atoms with E-state index in [1.165, 1.54) is 0 Å². The smallest absolute Gasteiger partial charge is 0.250 e. The fourth-order valence-corrected chi connectivity index (χ4v) is 2.68. The molecule has 1 heterocycles. The molecule has 10 heteroatoms. The van der Waals surface area contributed by atoms with Gasteiger partial charge in [-0.2, -0.15) is 25.2 Å². The van der Waals surface area contributed by atoms with Crippen molar-refractivity contribution >= 4 is 62.1 Å². The van der Waals surface area contributed by atoms with Gasteiger partial charge in [0.15, 0.2) is 0 Å². The molecule has 27 heavy (non-hydrogen) atoms. The lowest BCUT2D eigenvalue weighted by atomic mass is 10.1. The lowest BCUT2D eigenvalue weighted by Crippen LogP contribution is -2.07. The van der Waals surface area contributed by atoms with Gasteiger partial charge in [0.1, 0.15) is 0 Å². The van der Waals surface area contributed by atoms with Crippen LogP contribution in [0.4, 0.5) is 17.8 Å². The second-order valence-corrected chi connectivity index (χ2v) is 7.54. The monoisotopic (exact) mass is 490 g/mol. The Labute approximate surface area is 173 Å². The van der Waals surface area contributed by atoms with E-state index >= 15 is 0 Å². The largest absolute Gasteiger partial charge is 0.368 e. The number of rotatable bonds is 6. The maximum atomic E-state index is 5.71. The van der Waals surface area contributed by atoms with Gasteiger partial charge in [0.25, 0.3) is 0 Å². The van der Waals surface area contributed by atoms with Gasteiger partial charge in [-0.25, -0.2) is 10.9 Å². The summed E-state index contributed by atoms with van der Waals surface area (Å²) in [6, 6.07) is 7.70. The van der Waals surface area contributed by atoms with Gasteiger partial charge in [-0.15, -0.1) is 0 Å². The molecule has 138 valence electrons. The number of aromatic nitrogens is 3. The first kappa shape index (κ1) is 19.2. The van der Waals surface area contributed by atoms with Crippen LogP contribution < -0.4 is 16.6 Å². The molecule has 1 unspecified atom stereocenters. The van der Waals surface area contributed by atoms with Crippen LogP contribution in [-0.4, -0.2) is 32.2 Å². The van der Waals surface area contributed by atoms with Gasteiger partial charge >= 0.3 is 0 Å². The Morgan fingerprint density at radius 3 is 2.33 bits per heavy atom. The zero-order valence-electron chi connectivity index (χ0n) is 14.0. The van der Waals surface area contributed by atoms with E-state index in [2.05, 4.69) is 80.0 Å². The van der Waals surface area contributed by atoms with Crippen molar-refractivity contribution in [3.8, 4) is 0 Å². The van der Waals surface area contributed by atoms with E-state index in [0.717, 1.165) is 22.0 Å². The van der Waals surface area contributed by atoms with Crippen molar-refractivity contribution in [3.05, 3.63) is 58.1 Å². The Hall–Kier alpha value is -2.59. The molecule has 0 spiro atoms. The summed E-state index contributed by atoms with van der Waals surface area (Å²) in [6.45, 7) is 0. The van der Waals surface area contributed by atoms with E-state index < -0.39 is 0 Å². The van der Waals surface area contributed by atoms with Gasteiger partial charge in [0.2, 0.25) is 17.8 Å². The highest BCUT2D eigenvalue weighted by Gasteiger charge is 2.04. The van der Waals surface area contributed by atoms with Crippen molar-refractivity contribution < 1.29 is 0 Å². The summed E-state index contributed by atoms with van der Waals surface area (Å²) in [7, 11) is 0. The molecule has 3 rings (SSSR count). The molecule has 0 saturated heterocycles. The summed E-state index contributed by atoms with van der Waals surface area (Å²) < 4.78 is 1.00. The lowest BCUT2D eigenvalue weighted by Gasteiger charge is -2.07. The van der Waals surface area contributed by atoms with Gasteiger partial charge < -0.3 is 5.73 Å². The predicted octanol–water partition coefficient (Wildman–Crippen LogP) is 3.71. The quantitative estimate of drug-likeness (QED) is 0.322. The van der Waals surface area contributed by atoms with Crippen molar-refractivity contribution in [1.82, 2.24) is 15.0 Å². The van der Waals surface area contributed by atoms with Crippen molar-refractivity contribution in [2.24, 2.45) is 10.2 Å². The number of nitrogens with one attached hydrogen (secondary N) is 2. The fraction of sp³-hybridized carbons (Fsp3) is 0.118. The maximum absolute atomic E-state index is 5.71. The van der Waals surface area contributed by atoms with E-state index in [9.17, 15) is 0 Å². The molecule has 0 bridgehead atoms. The number of nitrogens with zero attached hydrogens (tertiary/aromatic N) is 5. The predicted molar refractivity (Wildman–Crippen MR) is 116 cm³/mol. The minimum atomic E-state index is 0.0583. The van der Waals surface area contributed by atoms with Crippen LogP contribution >= 0.6 is 31.9 Å². The SMILES string of the molecule is Nc1nc(N/N=C/C2=CCC(Br)C=C2)nc(N/N=C/c2ccc(Br)cc2)n1. The number of nitrogen functional groups attached to an aromatic ring is 1. The van der Waals surface area contributed by atoms with Gasteiger partial charge in [-0.05, 0) is 29.7 Å². The number of hydrazone groups is 2. The van der Waals surface area contributed by atoms with Gasteiger partial charge in [0, 0.05) is 9.30 Å². The fourth-order valence-electron chi connectivity index (χ4n) is 2.08. The molecule has 1 aliphatic rings. The minimum Gasteiger partial charge on any atom is -0.368 e. The zero-order valence-corrected chi connectivity index (χ0v) is 17.2. The molecule has 8 nitrogen and oxygen atoms in total. The second kappa shape index (κ2) is 9.38. The molecular weight excluding hydrogens is 476 g/mol. The summed E-state index contributed by atoms with van der Waals surface area (Å²) in [5.41, 5.74) is 13.1. The van der Waals surface area contributed by atoms with Crippen molar-refractivity contribution in [1.29, 1.82) is 0 Å². The van der Waals surface area contributed by atoms with E-state index in [4.69, 9.17) is 5.73 Å². The Morgan fingerprint density at radius 1 is 1.04 bits per heavy atom. The maximum Gasteiger partial charge on any atom is 0.250 e. The standard InChI is InChI=1S/C17H16Br2N8/c18-13-5-1-11(2-6-13)9-21-26-16-23-15(20)24-17(25-16)27-22-10-12-3-7-14(19)8-4-12/h1-7,9-10,14H,8H2,(H4,20,23,24,25,26,27)/b21-9+,22-10+. The van der Waals surface area contributed by atoms with Crippen LogP contribution in [-0.2, 0) is 0 Å².